The predicted octanol–water partition coefficient (Wildman–Crippen LogP) is 2.05. The molecule has 18 heavy (non-hydrogen) atoms. The van der Waals surface area contributed by atoms with Crippen molar-refractivity contribution in [1.82, 2.24) is 20.5 Å². The van der Waals surface area contributed by atoms with Crippen molar-refractivity contribution in [2.24, 2.45) is 5.10 Å². The SMILES string of the molecule is CCCN(CCC)C(=S)N/N=C/c1cc(C)[nH]n1. The number of aryl methyl sites for hydroxylation is 1. The van der Waals surface area contributed by atoms with Crippen LogP contribution in [-0.2, 0) is 0 Å². The molecule has 0 radical (unpaired) electrons. The van der Waals surface area contributed by atoms with Crippen LogP contribution in [-0.4, -0.2) is 39.5 Å². The molecule has 0 bridgehead atoms. The molecule has 0 aliphatic heterocycles. The average Bonchev–Trinajstić information content (AvgIpc) is 2.75. The topological polar surface area (TPSA) is 56.3 Å². The van der Waals surface area contributed by atoms with Gasteiger partial charge in [0.25, 0.3) is 0 Å². The Hall–Kier alpha value is -1.43. The van der Waals surface area contributed by atoms with E-state index in [1.165, 1.54) is 0 Å². The van der Waals surface area contributed by atoms with Crippen LogP contribution >= 0.6 is 12.2 Å². The van der Waals surface area contributed by atoms with Crippen molar-refractivity contribution >= 4 is 23.5 Å². The van der Waals surface area contributed by atoms with Gasteiger partial charge in [-0.25, -0.2) is 0 Å². The van der Waals surface area contributed by atoms with E-state index in [2.05, 4.69) is 39.5 Å². The molecule has 2 N–H and O–H groups in total. The maximum atomic E-state index is 5.30. The number of nitrogens with one attached hydrogen (secondary N) is 2. The second-order valence-corrected chi connectivity index (χ2v) is 4.52. The van der Waals surface area contributed by atoms with Crippen molar-refractivity contribution in [3.05, 3.63) is 17.5 Å². The number of thiocarbonyl (C=S) groups is 1. The van der Waals surface area contributed by atoms with Crippen LogP contribution < -0.4 is 5.43 Å². The van der Waals surface area contributed by atoms with Crippen molar-refractivity contribution in [2.75, 3.05) is 13.1 Å². The Labute approximate surface area is 114 Å². The van der Waals surface area contributed by atoms with Crippen molar-refractivity contribution in [3.8, 4) is 0 Å². The first-order valence-electron chi connectivity index (χ1n) is 6.27. The lowest BCUT2D eigenvalue weighted by Crippen LogP contribution is -2.38. The molecule has 1 aromatic rings. The van der Waals surface area contributed by atoms with E-state index >= 15 is 0 Å². The molecular weight excluding hydrogens is 246 g/mol. The second kappa shape index (κ2) is 7.81. The highest BCUT2D eigenvalue weighted by Gasteiger charge is 2.05. The van der Waals surface area contributed by atoms with Crippen LogP contribution in [0.2, 0.25) is 0 Å². The van der Waals surface area contributed by atoms with E-state index in [9.17, 15) is 0 Å². The Morgan fingerprint density at radius 2 is 2.17 bits per heavy atom. The molecule has 0 unspecified atom stereocenters. The molecular formula is C12H21N5S. The summed E-state index contributed by atoms with van der Waals surface area (Å²) in [6.45, 7) is 8.14. The van der Waals surface area contributed by atoms with E-state index in [4.69, 9.17) is 12.2 Å². The Morgan fingerprint density at radius 3 is 2.67 bits per heavy atom. The van der Waals surface area contributed by atoms with E-state index in [0.29, 0.717) is 5.11 Å². The van der Waals surface area contributed by atoms with Crippen LogP contribution in [0.4, 0.5) is 0 Å². The van der Waals surface area contributed by atoms with E-state index in [0.717, 1.165) is 37.3 Å². The average molecular weight is 267 g/mol. The first-order chi connectivity index (χ1) is 8.67. The van der Waals surface area contributed by atoms with Gasteiger partial charge < -0.3 is 4.90 Å². The van der Waals surface area contributed by atoms with Crippen LogP contribution in [0.1, 0.15) is 38.1 Å². The van der Waals surface area contributed by atoms with Crippen molar-refractivity contribution in [2.45, 2.75) is 33.6 Å². The molecule has 0 atom stereocenters. The maximum Gasteiger partial charge on any atom is 0.189 e. The lowest BCUT2D eigenvalue weighted by molar-refractivity contribution is 0.411. The number of hydrogen-bond donors (Lipinski definition) is 2. The first kappa shape index (κ1) is 14.6. The fourth-order valence-corrected chi connectivity index (χ4v) is 1.82. The van der Waals surface area contributed by atoms with Crippen LogP contribution in [0.5, 0.6) is 0 Å². The zero-order valence-electron chi connectivity index (χ0n) is 11.2. The Kier molecular flexibility index (Phi) is 6.35. The third-order valence-corrected chi connectivity index (χ3v) is 2.71. The van der Waals surface area contributed by atoms with Gasteiger partial charge in [0.05, 0.1) is 6.21 Å². The zero-order valence-corrected chi connectivity index (χ0v) is 12.0. The summed E-state index contributed by atoms with van der Waals surface area (Å²) in [5.74, 6) is 0. The minimum Gasteiger partial charge on any atom is -0.348 e. The summed E-state index contributed by atoms with van der Waals surface area (Å²) in [6.07, 6.45) is 3.81. The smallest absolute Gasteiger partial charge is 0.189 e. The minimum absolute atomic E-state index is 0.669. The number of nitrogens with zero attached hydrogens (tertiary/aromatic N) is 3. The van der Waals surface area contributed by atoms with Gasteiger partial charge in [-0.3, -0.25) is 10.5 Å². The van der Waals surface area contributed by atoms with Crippen LogP contribution in [0.3, 0.4) is 0 Å². The van der Waals surface area contributed by atoms with Gasteiger partial charge in [-0.05, 0) is 38.0 Å². The molecule has 0 saturated heterocycles. The molecule has 6 heteroatoms. The molecule has 1 aromatic heterocycles. The molecule has 5 nitrogen and oxygen atoms in total. The Balaban J connectivity index is 2.45. The van der Waals surface area contributed by atoms with Crippen LogP contribution in [0.15, 0.2) is 11.2 Å². The highest BCUT2D eigenvalue weighted by molar-refractivity contribution is 7.80. The Bertz CT molecular complexity index is 393. The molecule has 0 aromatic carbocycles. The summed E-state index contributed by atoms with van der Waals surface area (Å²) in [6, 6.07) is 1.92. The molecule has 0 aliphatic rings. The van der Waals surface area contributed by atoms with Gasteiger partial charge in [-0.15, -0.1) is 0 Å². The van der Waals surface area contributed by atoms with E-state index in [-0.39, 0.29) is 0 Å². The number of H-pyrrole nitrogens is 1. The summed E-state index contributed by atoms with van der Waals surface area (Å²) in [5.41, 5.74) is 4.69. The summed E-state index contributed by atoms with van der Waals surface area (Å²) in [7, 11) is 0. The number of rotatable bonds is 6. The van der Waals surface area contributed by atoms with Crippen molar-refractivity contribution in [3.63, 3.8) is 0 Å². The monoisotopic (exact) mass is 267 g/mol. The molecule has 1 rings (SSSR count). The molecule has 1 heterocycles. The predicted molar refractivity (Wildman–Crippen MR) is 78.8 cm³/mol. The lowest BCUT2D eigenvalue weighted by atomic mass is 10.4. The third-order valence-electron chi connectivity index (χ3n) is 2.36. The Morgan fingerprint density at radius 1 is 1.50 bits per heavy atom. The molecule has 0 saturated carbocycles. The van der Waals surface area contributed by atoms with Crippen molar-refractivity contribution < 1.29 is 0 Å². The first-order valence-corrected chi connectivity index (χ1v) is 6.68. The van der Waals surface area contributed by atoms with Crippen LogP contribution in [0.25, 0.3) is 0 Å². The standard InChI is InChI=1S/C12H21N5S/c1-4-6-17(7-5-2)12(18)16-13-9-11-8-10(3)14-15-11/h8-9H,4-7H2,1-3H3,(H,14,15)(H,16,18)/b13-9+. The van der Waals surface area contributed by atoms with Gasteiger partial charge in [0.15, 0.2) is 5.11 Å². The van der Waals surface area contributed by atoms with Gasteiger partial charge in [0, 0.05) is 18.8 Å². The van der Waals surface area contributed by atoms with Gasteiger partial charge in [-0.2, -0.15) is 10.2 Å². The number of hydrazone groups is 1. The summed E-state index contributed by atoms with van der Waals surface area (Å²) >= 11 is 5.30. The molecule has 0 amide bonds. The highest BCUT2D eigenvalue weighted by atomic mass is 32.1. The fraction of sp³-hybridized carbons (Fsp3) is 0.583. The van der Waals surface area contributed by atoms with Crippen molar-refractivity contribution in [1.29, 1.82) is 0 Å². The second-order valence-electron chi connectivity index (χ2n) is 4.14. The van der Waals surface area contributed by atoms with E-state index in [1.807, 2.05) is 13.0 Å². The quantitative estimate of drug-likeness (QED) is 0.470. The molecule has 0 aliphatic carbocycles. The minimum atomic E-state index is 0.669. The highest BCUT2D eigenvalue weighted by Crippen LogP contribution is 1.96. The van der Waals surface area contributed by atoms with Gasteiger partial charge in [0.1, 0.15) is 5.69 Å². The molecule has 0 fully saturated rings. The van der Waals surface area contributed by atoms with Gasteiger partial charge in [-0.1, -0.05) is 13.8 Å². The summed E-state index contributed by atoms with van der Waals surface area (Å²) < 4.78 is 0. The number of aromatic amines is 1. The zero-order chi connectivity index (χ0) is 13.4. The molecule has 0 spiro atoms. The fourth-order valence-electron chi connectivity index (χ4n) is 1.58. The summed E-state index contributed by atoms with van der Waals surface area (Å²) in [5, 5.41) is 11.7. The normalized spacial score (nSPS) is 10.8. The van der Waals surface area contributed by atoms with Gasteiger partial charge in [0.2, 0.25) is 0 Å². The summed E-state index contributed by atoms with van der Waals surface area (Å²) in [4.78, 5) is 2.13. The lowest BCUT2D eigenvalue weighted by Gasteiger charge is -2.23. The van der Waals surface area contributed by atoms with Gasteiger partial charge >= 0.3 is 0 Å². The third kappa shape index (κ3) is 4.83. The number of aromatic nitrogens is 2. The number of hydrogen-bond acceptors (Lipinski definition) is 3. The van der Waals surface area contributed by atoms with E-state index < -0.39 is 0 Å². The maximum absolute atomic E-state index is 5.30. The largest absolute Gasteiger partial charge is 0.348 e. The molecule has 100 valence electrons. The van der Waals surface area contributed by atoms with E-state index in [1.54, 1.807) is 6.21 Å². The van der Waals surface area contributed by atoms with Crippen LogP contribution in [0, 0.1) is 6.92 Å².